The van der Waals surface area contributed by atoms with Gasteiger partial charge in [-0.15, -0.1) is 0 Å². The van der Waals surface area contributed by atoms with Gasteiger partial charge in [0.15, 0.2) is 0 Å². The lowest BCUT2D eigenvalue weighted by Crippen LogP contribution is -2.09. The van der Waals surface area contributed by atoms with Crippen LogP contribution in [0.2, 0.25) is 0 Å². The SMILES string of the molecule is CCCCc1c(O)nc(SC)oc1=O. The number of thioether (sulfide) groups is 1. The number of aromatic nitrogens is 1. The molecule has 0 aliphatic rings. The number of rotatable bonds is 4. The molecule has 4 nitrogen and oxygen atoms in total. The van der Waals surface area contributed by atoms with Gasteiger partial charge in [-0.05, 0) is 19.1 Å². The van der Waals surface area contributed by atoms with Crippen molar-refractivity contribution in [2.24, 2.45) is 0 Å². The van der Waals surface area contributed by atoms with Crippen LogP contribution in [0.5, 0.6) is 5.88 Å². The van der Waals surface area contributed by atoms with Gasteiger partial charge < -0.3 is 9.52 Å². The number of unbranched alkanes of at least 4 members (excludes halogenated alkanes) is 1. The van der Waals surface area contributed by atoms with Crippen molar-refractivity contribution < 1.29 is 9.52 Å². The summed E-state index contributed by atoms with van der Waals surface area (Å²) in [5.74, 6) is -0.195. The number of hydrogen-bond donors (Lipinski definition) is 1. The minimum atomic E-state index is -0.477. The largest absolute Gasteiger partial charge is 0.493 e. The molecule has 0 bridgehead atoms. The molecule has 0 amide bonds. The van der Waals surface area contributed by atoms with Gasteiger partial charge in [-0.3, -0.25) is 0 Å². The number of nitrogens with zero attached hydrogens (tertiary/aromatic N) is 1. The fourth-order valence-electron chi connectivity index (χ4n) is 1.06. The predicted molar refractivity (Wildman–Crippen MR) is 54.8 cm³/mol. The summed E-state index contributed by atoms with van der Waals surface area (Å²) in [6.07, 6.45) is 4.06. The molecule has 0 spiro atoms. The molecule has 1 rings (SSSR count). The minimum absolute atomic E-state index is 0.195. The third-order valence-electron chi connectivity index (χ3n) is 1.85. The molecule has 0 atom stereocenters. The highest BCUT2D eigenvalue weighted by molar-refractivity contribution is 7.98. The van der Waals surface area contributed by atoms with E-state index in [0.29, 0.717) is 6.42 Å². The first-order valence-corrected chi connectivity index (χ1v) is 5.68. The van der Waals surface area contributed by atoms with Gasteiger partial charge in [0.05, 0.1) is 5.56 Å². The van der Waals surface area contributed by atoms with Gasteiger partial charge >= 0.3 is 5.63 Å². The van der Waals surface area contributed by atoms with Crippen LogP contribution < -0.4 is 5.63 Å². The van der Waals surface area contributed by atoms with Crippen LogP contribution in [0.15, 0.2) is 14.4 Å². The second-order valence-corrected chi connectivity index (χ2v) is 3.63. The highest BCUT2D eigenvalue weighted by Gasteiger charge is 2.11. The standard InChI is InChI=1S/C9H13NO3S/c1-3-4-5-6-7(11)10-9(14-2)13-8(6)12/h11H,3-5H2,1-2H3. The molecule has 1 aromatic rings. The molecule has 1 aromatic heterocycles. The van der Waals surface area contributed by atoms with E-state index >= 15 is 0 Å². The van der Waals surface area contributed by atoms with Crippen LogP contribution in [-0.4, -0.2) is 16.3 Å². The molecule has 0 aliphatic heterocycles. The van der Waals surface area contributed by atoms with Crippen LogP contribution in [0.1, 0.15) is 25.3 Å². The Labute approximate surface area is 86.4 Å². The summed E-state index contributed by atoms with van der Waals surface area (Å²) in [5.41, 5.74) is -0.194. The smallest absolute Gasteiger partial charge is 0.346 e. The van der Waals surface area contributed by atoms with Crippen molar-refractivity contribution in [3.63, 3.8) is 0 Å². The van der Waals surface area contributed by atoms with Crippen molar-refractivity contribution in [2.45, 2.75) is 31.4 Å². The molecular weight excluding hydrogens is 202 g/mol. The predicted octanol–water partition coefficient (Wildman–Crippen LogP) is 1.80. The molecule has 1 N–H and O–H groups in total. The third kappa shape index (κ3) is 2.51. The molecule has 14 heavy (non-hydrogen) atoms. The topological polar surface area (TPSA) is 63.3 Å². The number of aromatic hydroxyl groups is 1. The summed E-state index contributed by atoms with van der Waals surface area (Å²) >= 11 is 1.19. The van der Waals surface area contributed by atoms with E-state index in [2.05, 4.69) is 4.98 Å². The first-order chi connectivity index (χ1) is 6.69. The van der Waals surface area contributed by atoms with Gasteiger partial charge in [-0.2, -0.15) is 4.98 Å². The summed E-state index contributed by atoms with van der Waals surface area (Å²) in [6, 6.07) is 0. The van der Waals surface area contributed by atoms with Gasteiger partial charge in [-0.25, -0.2) is 4.79 Å². The first-order valence-electron chi connectivity index (χ1n) is 4.46. The average molecular weight is 215 g/mol. The quantitative estimate of drug-likeness (QED) is 0.776. The van der Waals surface area contributed by atoms with Gasteiger partial charge in [0.2, 0.25) is 5.88 Å². The molecular formula is C9H13NO3S. The second kappa shape index (κ2) is 5.05. The Morgan fingerprint density at radius 2 is 2.29 bits per heavy atom. The van der Waals surface area contributed by atoms with Crippen LogP contribution in [0.25, 0.3) is 0 Å². The zero-order valence-corrected chi connectivity index (χ0v) is 9.06. The van der Waals surface area contributed by atoms with E-state index < -0.39 is 5.63 Å². The molecule has 0 fully saturated rings. The third-order valence-corrected chi connectivity index (χ3v) is 2.37. The maximum absolute atomic E-state index is 11.3. The summed E-state index contributed by atoms with van der Waals surface area (Å²) in [6.45, 7) is 2.02. The Balaban J connectivity index is 3.00. The second-order valence-electron chi connectivity index (χ2n) is 2.88. The Hall–Kier alpha value is -0.970. The molecule has 0 saturated carbocycles. The molecule has 0 saturated heterocycles. The zero-order chi connectivity index (χ0) is 10.6. The lowest BCUT2D eigenvalue weighted by Gasteiger charge is -2.01. The summed E-state index contributed by atoms with van der Waals surface area (Å²) in [4.78, 5) is 15.1. The summed E-state index contributed by atoms with van der Waals surface area (Å²) < 4.78 is 4.87. The van der Waals surface area contributed by atoms with Crippen molar-refractivity contribution in [3.8, 4) is 5.88 Å². The van der Waals surface area contributed by atoms with Crippen LogP contribution in [0.3, 0.4) is 0 Å². The number of hydrogen-bond acceptors (Lipinski definition) is 5. The van der Waals surface area contributed by atoms with Crippen molar-refractivity contribution >= 4 is 11.8 Å². The zero-order valence-electron chi connectivity index (χ0n) is 8.24. The lowest BCUT2D eigenvalue weighted by molar-refractivity contribution is 0.343. The normalized spacial score (nSPS) is 10.4. The van der Waals surface area contributed by atoms with Crippen LogP contribution in [0.4, 0.5) is 0 Å². The van der Waals surface area contributed by atoms with E-state index in [1.807, 2.05) is 6.92 Å². The molecule has 0 unspecified atom stereocenters. The van der Waals surface area contributed by atoms with E-state index in [0.717, 1.165) is 12.8 Å². The maximum atomic E-state index is 11.3. The maximum Gasteiger partial charge on any atom is 0.346 e. The molecule has 0 radical (unpaired) electrons. The highest BCUT2D eigenvalue weighted by Crippen LogP contribution is 2.17. The first kappa shape index (κ1) is 11.1. The lowest BCUT2D eigenvalue weighted by atomic mass is 10.1. The van der Waals surface area contributed by atoms with Crippen molar-refractivity contribution in [3.05, 3.63) is 16.0 Å². The van der Waals surface area contributed by atoms with Crippen LogP contribution in [-0.2, 0) is 6.42 Å². The Morgan fingerprint density at radius 1 is 1.57 bits per heavy atom. The highest BCUT2D eigenvalue weighted by atomic mass is 32.2. The molecule has 0 aromatic carbocycles. The van der Waals surface area contributed by atoms with Gasteiger partial charge in [0.25, 0.3) is 5.22 Å². The van der Waals surface area contributed by atoms with E-state index in [4.69, 9.17) is 4.42 Å². The van der Waals surface area contributed by atoms with Gasteiger partial charge in [-0.1, -0.05) is 25.1 Å². The fraction of sp³-hybridized carbons (Fsp3) is 0.556. The molecule has 78 valence electrons. The monoisotopic (exact) mass is 215 g/mol. The Bertz CT molecular complexity index is 362. The van der Waals surface area contributed by atoms with Gasteiger partial charge in [0, 0.05) is 0 Å². The average Bonchev–Trinajstić information content (AvgIpc) is 2.16. The van der Waals surface area contributed by atoms with Crippen LogP contribution in [0, 0.1) is 0 Å². The minimum Gasteiger partial charge on any atom is -0.493 e. The fourth-order valence-corrected chi connectivity index (χ4v) is 1.40. The molecule has 1 heterocycles. The van der Waals surface area contributed by atoms with E-state index in [1.165, 1.54) is 11.8 Å². The van der Waals surface area contributed by atoms with E-state index in [9.17, 15) is 9.90 Å². The van der Waals surface area contributed by atoms with E-state index in [1.54, 1.807) is 6.26 Å². The van der Waals surface area contributed by atoms with Crippen molar-refractivity contribution in [1.82, 2.24) is 4.98 Å². The Morgan fingerprint density at radius 3 is 2.79 bits per heavy atom. The molecule has 5 heteroatoms. The molecule has 0 aliphatic carbocycles. The summed E-state index contributed by atoms with van der Waals surface area (Å²) in [5, 5.41) is 9.65. The van der Waals surface area contributed by atoms with Gasteiger partial charge in [0.1, 0.15) is 0 Å². The van der Waals surface area contributed by atoms with Crippen molar-refractivity contribution in [1.29, 1.82) is 0 Å². The van der Waals surface area contributed by atoms with Crippen LogP contribution >= 0.6 is 11.8 Å². The van der Waals surface area contributed by atoms with E-state index in [-0.39, 0.29) is 16.7 Å². The Kier molecular flexibility index (Phi) is 4.00. The summed E-state index contributed by atoms with van der Waals surface area (Å²) in [7, 11) is 0. The van der Waals surface area contributed by atoms with Crippen molar-refractivity contribution in [2.75, 3.05) is 6.26 Å².